The lowest BCUT2D eigenvalue weighted by molar-refractivity contribution is 0.0697. The summed E-state index contributed by atoms with van der Waals surface area (Å²) < 4.78 is 0. The van der Waals surface area contributed by atoms with Gasteiger partial charge in [-0.1, -0.05) is 19.1 Å². The Bertz CT molecular complexity index is 380. The largest absolute Gasteiger partial charge is 0.478 e. The fraction of sp³-hybridized carbons (Fsp3) is 0.500. The van der Waals surface area contributed by atoms with E-state index in [1.165, 1.54) is 31.5 Å². The number of carboxylic acid groups (broad SMARTS) is 1. The normalized spacial score (nSPS) is 18.2. The summed E-state index contributed by atoms with van der Waals surface area (Å²) in [7, 11) is 0. The second-order valence-electron chi connectivity index (χ2n) is 4.84. The number of hydrogen-bond donors (Lipinski definition) is 1. The van der Waals surface area contributed by atoms with Gasteiger partial charge < -0.3 is 10.0 Å². The van der Waals surface area contributed by atoms with E-state index in [2.05, 4.69) is 11.8 Å². The third-order valence-corrected chi connectivity index (χ3v) is 3.46. The Balaban J connectivity index is 1.98. The molecule has 1 aliphatic rings. The molecule has 2 rings (SSSR count). The highest BCUT2D eigenvalue weighted by molar-refractivity contribution is 5.87. The maximum Gasteiger partial charge on any atom is 0.335 e. The van der Waals surface area contributed by atoms with Gasteiger partial charge in [0, 0.05) is 6.54 Å². The summed E-state index contributed by atoms with van der Waals surface area (Å²) in [5.74, 6) is -0.389. The molecule has 3 nitrogen and oxygen atoms in total. The summed E-state index contributed by atoms with van der Waals surface area (Å²) in [6.45, 7) is 5.69. The molecule has 1 atom stereocenters. The Morgan fingerprint density at radius 1 is 1.29 bits per heavy atom. The van der Waals surface area contributed by atoms with Gasteiger partial charge in [-0.15, -0.1) is 0 Å². The lowest BCUT2D eigenvalue weighted by Gasteiger charge is -2.20. The summed E-state index contributed by atoms with van der Waals surface area (Å²) in [4.78, 5) is 13.2. The topological polar surface area (TPSA) is 40.5 Å². The van der Waals surface area contributed by atoms with E-state index < -0.39 is 5.97 Å². The summed E-state index contributed by atoms with van der Waals surface area (Å²) in [6.07, 6.45) is 2.62. The Kier molecular flexibility index (Phi) is 3.79. The molecule has 1 unspecified atom stereocenters. The summed E-state index contributed by atoms with van der Waals surface area (Å²) >= 11 is 0. The van der Waals surface area contributed by atoms with E-state index in [0.717, 1.165) is 6.54 Å². The summed E-state index contributed by atoms with van der Waals surface area (Å²) in [5, 5.41) is 8.84. The molecule has 1 aliphatic heterocycles. The van der Waals surface area contributed by atoms with Crippen LogP contribution in [0, 0.1) is 0 Å². The Labute approximate surface area is 102 Å². The molecule has 0 spiro atoms. The minimum atomic E-state index is -0.858. The van der Waals surface area contributed by atoms with Crippen LogP contribution < -0.4 is 0 Å². The van der Waals surface area contributed by atoms with Crippen LogP contribution in [0.3, 0.4) is 0 Å². The molecule has 92 valence electrons. The lowest BCUT2D eigenvalue weighted by Crippen LogP contribution is -2.24. The average Bonchev–Trinajstić information content (AvgIpc) is 2.82. The fourth-order valence-corrected chi connectivity index (χ4v) is 2.41. The third-order valence-electron chi connectivity index (χ3n) is 3.46. The molecule has 0 amide bonds. The second kappa shape index (κ2) is 5.32. The highest BCUT2D eigenvalue weighted by Gasteiger charge is 2.15. The molecular weight excluding hydrogens is 214 g/mol. The third kappa shape index (κ3) is 3.07. The van der Waals surface area contributed by atoms with Gasteiger partial charge in [0.05, 0.1) is 5.56 Å². The molecule has 0 saturated carbocycles. The highest BCUT2D eigenvalue weighted by Crippen LogP contribution is 2.19. The van der Waals surface area contributed by atoms with Gasteiger partial charge in [0.25, 0.3) is 0 Å². The molecule has 1 fully saturated rings. The van der Waals surface area contributed by atoms with Gasteiger partial charge in [-0.25, -0.2) is 4.79 Å². The summed E-state index contributed by atoms with van der Waals surface area (Å²) in [6, 6.07) is 7.25. The van der Waals surface area contributed by atoms with Crippen LogP contribution >= 0.6 is 0 Å². The van der Waals surface area contributed by atoms with E-state index >= 15 is 0 Å². The molecule has 0 bridgehead atoms. The van der Waals surface area contributed by atoms with Gasteiger partial charge in [-0.2, -0.15) is 0 Å². The van der Waals surface area contributed by atoms with Crippen LogP contribution in [0.5, 0.6) is 0 Å². The molecule has 1 saturated heterocycles. The van der Waals surface area contributed by atoms with E-state index in [-0.39, 0.29) is 0 Å². The first kappa shape index (κ1) is 12.1. The number of rotatable bonds is 4. The number of aromatic carboxylic acids is 1. The summed E-state index contributed by atoms with van der Waals surface area (Å²) in [5.41, 5.74) is 1.59. The minimum Gasteiger partial charge on any atom is -0.478 e. The van der Waals surface area contributed by atoms with Crippen molar-refractivity contribution in [1.82, 2.24) is 4.90 Å². The van der Waals surface area contributed by atoms with Crippen LogP contribution in [0.4, 0.5) is 0 Å². The molecule has 0 aliphatic carbocycles. The van der Waals surface area contributed by atoms with Gasteiger partial charge in [0.1, 0.15) is 0 Å². The van der Waals surface area contributed by atoms with Gasteiger partial charge in [-0.3, -0.25) is 0 Å². The van der Waals surface area contributed by atoms with Crippen LogP contribution in [0.1, 0.15) is 41.6 Å². The van der Waals surface area contributed by atoms with Crippen LogP contribution in [0.2, 0.25) is 0 Å². The van der Waals surface area contributed by atoms with Gasteiger partial charge >= 0.3 is 5.97 Å². The molecule has 1 aromatic rings. The Hall–Kier alpha value is -1.35. The smallest absolute Gasteiger partial charge is 0.335 e. The molecule has 1 N–H and O–H groups in total. The van der Waals surface area contributed by atoms with Crippen molar-refractivity contribution in [2.24, 2.45) is 0 Å². The predicted molar refractivity (Wildman–Crippen MR) is 67.5 cm³/mol. The average molecular weight is 233 g/mol. The molecule has 0 radical (unpaired) electrons. The van der Waals surface area contributed by atoms with Crippen molar-refractivity contribution >= 4 is 5.97 Å². The Morgan fingerprint density at radius 2 is 1.88 bits per heavy atom. The van der Waals surface area contributed by atoms with E-state index in [9.17, 15) is 4.79 Å². The maximum atomic E-state index is 10.8. The number of carboxylic acids is 1. The van der Waals surface area contributed by atoms with Crippen molar-refractivity contribution in [3.63, 3.8) is 0 Å². The zero-order valence-corrected chi connectivity index (χ0v) is 10.2. The quantitative estimate of drug-likeness (QED) is 0.869. The zero-order chi connectivity index (χ0) is 12.3. The molecule has 1 heterocycles. The van der Waals surface area contributed by atoms with E-state index in [1.807, 2.05) is 12.1 Å². The predicted octanol–water partition coefficient (Wildman–Crippen LogP) is 2.58. The van der Waals surface area contributed by atoms with Crippen LogP contribution in [-0.2, 0) is 0 Å². The van der Waals surface area contributed by atoms with Gasteiger partial charge in [0.2, 0.25) is 0 Å². The zero-order valence-electron chi connectivity index (χ0n) is 10.2. The number of carbonyl (C=O) groups is 1. The van der Waals surface area contributed by atoms with Gasteiger partial charge in [0.15, 0.2) is 0 Å². The standard InChI is InChI=1S/C14H19NO2/c1-11(10-15-8-2-3-9-15)12-4-6-13(7-5-12)14(16)17/h4-7,11H,2-3,8-10H2,1H3,(H,16,17). The monoisotopic (exact) mass is 233 g/mol. The SMILES string of the molecule is CC(CN1CCCC1)c1ccc(C(=O)O)cc1. The number of nitrogens with zero attached hydrogens (tertiary/aromatic N) is 1. The first-order valence-electron chi connectivity index (χ1n) is 6.22. The van der Waals surface area contributed by atoms with E-state index in [0.29, 0.717) is 11.5 Å². The molecular formula is C14H19NO2. The van der Waals surface area contributed by atoms with Crippen LogP contribution in [0.25, 0.3) is 0 Å². The van der Waals surface area contributed by atoms with Gasteiger partial charge in [-0.05, 0) is 49.5 Å². The maximum absolute atomic E-state index is 10.8. The molecule has 1 aromatic carbocycles. The van der Waals surface area contributed by atoms with Crippen molar-refractivity contribution in [1.29, 1.82) is 0 Å². The van der Waals surface area contributed by atoms with E-state index in [1.54, 1.807) is 12.1 Å². The first-order valence-corrected chi connectivity index (χ1v) is 6.22. The second-order valence-corrected chi connectivity index (χ2v) is 4.84. The van der Waals surface area contributed by atoms with Crippen molar-refractivity contribution in [2.45, 2.75) is 25.7 Å². The number of hydrogen-bond acceptors (Lipinski definition) is 2. The van der Waals surface area contributed by atoms with Crippen LogP contribution in [0.15, 0.2) is 24.3 Å². The van der Waals surface area contributed by atoms with Crippen molar-refractivity contribution in [2.75, 3.05) is 19.6 Å². The first-order chi connectivity index (χ1) is 8.16. The molecule has 3 heteroatoms. The number of likely N-dealkylation sites (tertiary alicyclic amines) is 1. The van der Waals surface area contributed by atoms with E-state index in [4.69, 9.17) is 5.11 Å². The Morgan fingerprint density at radius 3 is 2.41 bits per heavy atom. The molecule has 0 aromatic heterocycles. The fourth-order valence-electron chi connectivity index (χ4n) is 2.41. The minimum absolute atomic E-state index is 0.363. The van der Waals surface area contributed by atoms with Crippen LogP contribution in [-0.4, -0.2) is 35.6 Å². The van der Waals surface area contributed by atoms with Crippen molar-refractivity contribution in [3.05, 3.63) is 35.4 Å². The highest BCUT2D eigenvalue weighted by atomic mass is 16.4. The lowest BCUT2D eigenvalue weighted by atomic mass is 9.99. The number of benzene rings is 1. The molecule has 17 heavy (non-hydrogen) atoms. The van der Waals surface area contributed by atoms with Crippen molar-refractivity contribution < 1.29 is 9.90 Å². The van der Waals surface area contributed by atoms with Crippen molar-refractivity contribution in [3.8, 4) is 0 Å².